The Morgan fingerprint density at radius 2 is 1.37 bits per heavy atom. The van der Waals surface area contributed by atoms with Crippen molar-refractivity contribution in [2.24, 2.45) is 5.73 Å². The van der Waals surface area contributed by atoms with E-state index in [-0.39, 0.29) is 5.78 Å². The molecule has 2 N–H and O–H groups in total. The highest BCUT2D eigenvalue weighted by atomic mass is 79.9. The van der Waals surface area contributed by atoms with E-state index in [1.54, 1.807) is 0 Å². The molecular formula is C16H14BrNO. The van der Waals surface area contributed by atoms with Crippen LogP contribution in [0.5, 0.6) is 0 Å². The zero-order chi connectivity index (χ0) is 13.8. The number of carbonyl (C=O) groups excluding carboxylic acids is 1. The highest BCUT2D eigenvalue weighted by Gasteiger charge is 2.04. The number of rotatable bonds is 4. The largest absolute Gasteiger partial charge is 0.399 e. The van der Waals surface area contributed by atoms with E-state index in [9.17, 15) is 4.79 Å². The fraction of sp³-hybridized carbons (Fsp3) is 0.0625. The van der Waals surface area contributed by atoms with Crippen LogP contribution in [0.2, 0.25) is 0 Å². The third kappa shape index (κ3) is 3.12. The number of carbonyl (C=O) groups is 1. The van der Waals surface area contributed by atoms with Crippen molar-refractivity contribution in [1.29, 1.82) is 0 Å². The number of Topliss-reactive ketones (excluding diaryl/α,β-unsaturated/α-hetero) is 1. The van der Waals surface area contributed by atoms with E-state index >= 15 is 0 Å². The van der Waals surface area contributed by atoms with Crippen LogP contribution in [0.4, 0.5) is 0 Å². The van der Waals surface area contributed by atoms with Crippen LogP contribution in [-0.2, 0) is 0 Å². The van der Waals surface area contributed by atoms with Gasteiger partial charge in [0.2, 0.25) is 0 Å². The molecule has 96 valence electrons. The maximum atomic E-state index is 11.5. The Balaban J connectivity index is 2.27. The van der Waals surface area contributed by atoms with Crippen molar-refractivity contribution in [1.82, 2.24) is 0 Å². The Bertz CT molecular complexity index is 600. The number of hydrogen-bond acceptors (Lipinski definition) is 2. The van der Waals surface area contributed by atoms with Gasteiger partial charge in [-0.2, -0.15) is 0 Å². The molecule has 0 saturated carbocycles. The summed E-state index contributed by atoms with van der Waals surface area (Å²) in [6, 6.07) is 15.4. The van der Waals surface area contributed by atoms with Crippen LogP contribution in [0, 0.1) is 0 Å². The fourth-order valence-electron chi connectivity index (χ4n) is 1.80. The van der Waals surface area contributed by atoms with E-state index in [1.807, 2.05) is 48.5 Å². The van der Waals surface area contributed by atoms with Crippen LogP contribution < -0.4 is 5.73 Å². The van der Waals surface area contributed by atoms with Gasteiger partial charge in [0.1, 0.15) is 0 Å². The highest BCUT2D eigenvalue weighted by Crippen LogP contribution is 2.21. The molecule has 2 nitrogen and oxygen atoms in total. The number of ketones is 1. The molecule has 2 aromatic carbocycles. The van der Waals surface area contributed by atoms with Crippen LogP contribution in [0.15, 0.2) is 55.1 Å². The van der Waals surface area contributed by atoms with Crippen molar-refractivity contribution >= 4 is 27.4 Å². The molecule has 0 atom stereocenters. The van der Waals surface area contributed by atoms with E-state index in [2.05, 4.69) is 22.5 Å². The molecule has 0 aliphatic rings. The molecule has 0 aromatic heterocycles. The quantitative estimate of drug-likeness (QED) is 0.687. The predicted molar refractivity (Wildman–Crippen MR) is 83.2 cm³/mol. The van der Waals surface area contributed by atoms with E-state index in [0.717, 1.165) is 16.7 Å². The van der Waals surface area contributed by atoms with Crippen LogP contribution in [-0.4, -0.2) is 11.1 Å². The number of nitrogens with two attached hydrogens (primary N) is 1. The van der Waals surface area contributed by atoms with Gasteiger partial charge in [0.15, 0.2) is 5.78 Å². The monoisotopic (exact) mass is 315 g/mol. The molecule has 0 unspecified atom stereocenters. The first-order valence-electron chi connectivity index (χ1n) is 5.86. The first-order chi connectivity index (χ1) is 9.11. The number of benzene rings is 2. The zero-order valence-corrected chi connectivity index (χ0v) is 12.0. The summed E-state index contributed by atoms with van der Waals surface area (Å²) in [6.07, 6.45) is 0. The molecule has 0 bridgehead atoms. The molecule has 0 radical (unpaired) electrons. The van der Waals surface area contributed by atoms with Crippen molar-refractivity contribution in [3.05, 3.63) is 66.2 Å². The fourth-order valence-corrected chi connectivity index (χ4v) is 2.13. The molecule has 0 spiro atoms. The van der Waals surface area contributed by atoms with Crippen molar-refractivity contribution in [2.45, 2.75) is 0 Å². The van der Waals surface area contributed by atoms with E-state index in [1.165, 1.54) is 0 Å². The second kappa shape index (κ2) is 5.85. The third-order valence-electron chi connectivity index (χ3n) is 2.92. The van der Waals surface area contributed by atoms with Gasteiger partial charge in [-0.1, -0.05) is 71.0 Å². The summed E-state index contributed by atoms with van der Waals surface area (Å²) in [5.74, 6) is 0.0846. The summed E-state index contributed by atoms with van der Waals surface area (Å²) in [4.78, 5) is 11.5. The molecule has 0 aliphatic carbocycles. The lowest BCUT2D eigenvalue weighted by Gasteiger charge is -2.05. The summed E-state index contributed by atoms with van der Waals surface area (Å²) in [5.41, 5.74) is 9.99. The first kappa shape index (κ1) is 13.6. The maximum absolute atomic E-state index is 11.5. The molecule has 0 heterocycles. The molecule has 0 fully saturated rings. The number of hydrogen-bond donors (Lipinski definition) is 1. The lowest BCUT2D eigenvalue weighted by atomic mass is 10.0. The normalized spacial score (nSPS) is 10.2. The van der Waals surface area contributed by atoms with Gasteiger partial charge in [-0.25, -0.2) is 0 Å². The molecule has 2 aromatic rings. The molecule has 0 amide bonds. The van der Waals surface area contributed by atoms with Gasteiger partial charge in [0, 0.05) is 11.3 Å². The summed E-state index contributed by atoms with van der Waals surface area (Å²) in [7, 11) is 0. The molecule has 2 rings (SSSR count). The van der Waals surface area contributed by atoms with Crippen molar-refractivity contribution in [2.75, 3.05) is 5.33 Å². The lowest BCUT2D eigenvalue weighted by Crippen LogP contribution is -1.99. The minimum atomic E-state index is 0.0846. The van der Waals surface area contributed by atoms with E-state index < -0.39 is 0 Å². The first-order valence-corrected chi connectivity index (χ1v) is 6.98. The SMILES string of the molecule is C=C(N)c1ccc(-c2ccc(C(=O)CBr)cc2)cc1. The molecule has 19 heavy (non-hydrogen) atoms. The van der Waals surface area contributed by atoms with Crippen LogP contribution >= 0.6 is 15.9 Å². The van der Waals surface area contributed by atoms with Gasteiger partial charge in [-0.15, -0.1) is 0 Å². The van der Waals surface area contributed by atoms with Gasteiger partial charge < -0.3 is 5.73 Å². The van der Waals surface area contributed by atoms with Crippen LogP contribution in [0.3, 0.4) is 0 Å². The Hall–Kier alpha value is -1.87. The Morgan fingerprint density at radius 1 is 0.947 bits per heavy atom. The van der Waals surface area contributed by atoms with Crippen molar-refractivity contribution < 1.29 is 4.79 Å². The summed E-state index contributed by atoms with van der Waals surface area (Å²) in [6.45, 7) is 3.70. The van der Waals surface area contributed by atoms with Gasteiger partial charge in [0.05, 0.1) is 5.33 Å². The second-order valence-corrected chi connectivity index (χ2v) is 4.80. The molecular weight excluding hydrogens is 302 g/mol. The number of alkyl halides is 1. The molecule has 0 aliphatic heterocycles. The Labute approximate surface area is 121 Å². The standard InChI is InChI=1S/C16H14BrNO/c1-11(18)12-2-4-13(5-3-12)14-6-8-15(9-7-14)16(19)10-17/h2-9H,1,10,18H2. The molecule has 3 heteroatoms. The summed E-state index contributed by atoms with van der Waals surface area (Å²) >= 11 is 3.17. The average molecular weight is 316 g/mol. The maximum Gasteiger partial charge on any atom is 0.173 e. The topological polar surface area (TPSA) is 43.1 Å². The Morgan fingerprint density at radius 3 is 1.74 bits per heavy atom. The zero-order valence-electron chi connectivity index (χ0n) is 10.4. The molecule has 0 saturated heterocycles. The minimum absolute atomic E-state index is 0.0846. The smallest absolute Gasteiger partial charge is 0.173 e. The summed E-state index contributed by atoms with van der Waals surface area (Å²) < 4.78 is 0. The highest BCUT2D eigenvalue weighted by molar-refractivity contribution is 9.09. The van der Waals surface area contributed by atoms with Crippen molar-refractivity contribution in [3.8, 4) is 11.1 Å². The van der Waals surface area contributed by atoms with Crippen LogP contribution in [0.1, 0.15) is 15.9 Å². The van der Waals surface area contributed by atoms with Crippen LogP contribution in [0.25, 0.3) is 16.8 Å². The van der Waals surface area contributed by atoms with Gasteiger partial charge in [0.25, 0.3) is 0 Å². The number of halogens is 1. The second-order valence-electron chi connectivity index (χ2n) is 4.24. The van der Waals surface area contributed by atoms with Gasteiger partial charge in [-0.05, 0) is 16.7 Å². The van der Waals surface area contributed by atoms with Crippen molar-refractivity contribution in [3.63, 3.8) is 0 Å². The third-order valence-corrected chi connectivity index (χ3v) is 3.43. The van der Waals surface area contributed by atoms with Gasteiger partial charge in [-0.3, -0.25) is 4.79 Å². The van der Waals surface area contributed by atoms with Gasteiger partial charge >= 0.3 is 0 Å². The lowest BCUT2D eigenvalue weighted by molar-refractivity contribution is 0.102. The summed E-state index contributed by atoms with van der Waals surface area (Å²) in [5, 5.41) is 0.347. The van der Waals surface area contributed by atoms with E-state index in [4.69, 9.17) is 5.73 Å². The predicted octanol–water partition coefficient (Wildman–Crippen LogP) is 3.86. The van der Waals surface area contributed by atoms with E-state index in [0.29, 0.717) is 16.6 Å². The Kier molecular flexibility index (Phi) is 4.17. The minimum Gasteiger partial charge on any atom is -0.399 e. The average Bonchev–Trinajstić information content (AvgIpc) is 2.46.